The molecule has 0 spiro atoms. The zero-order valence-electron chi connectivity index (χ0n) is 19.9. The first kappa shape index (κ1) is 22.6. The standard InChI is InChI=1S/C27H31N3O3/c1-6-23-17(2)22(16-29(23)3)25-24(20-9-7-8-10-21(20)27(32)30(25)4)26(31)28-15-18-11-13-19(33-5)14-12-18/h7-14,16,24-25H,6,15H2,1-5H3,(H,28,31). The molecule has 172 valence electrons. The lowest BCUT2D eigenvalue weighted by atomic mass is 9.79. The number of carbonyl (C=O) groups excluding carboxylic acids is 2. The van der Waals surface area contributed by atoms with E-state index in [-0.39, 0.29) is 17.9 Å². The summed E-state index contributed by atoms with van der Waals surface area (Å²) in [5, 5.41) is 3.11. The summed E-state index contributed by atoms with van der Waals surface area (Å²) in [6.07, 6.45) is 2.96. The van der Waals surface area contributed by atoms with Gasteiger partial charge in [-0.1, -0.05) is 37.3 Å². The Balaban J connectivity index is 1.73. The first-order valence-corrected chi connectivity index (χ1v) is 11.3. The number of benzene rings is 2. The Kier molecular flexibility index (Phi) is 6.27. The van der Waals surface area contributed by atoms with E-state index in [1.54, 1.807) is 19.1 Å². The zero-order valence-corrected chi connectivity index (χ0v) is 19.9. The fraction of sp³-hybridized carbons (Fsp3) is 0.333. The molecule has 2 atom stereocenters. The number of aryl methyl sites for hydroxylation is 1. The van der Waals surface area contributed by atoms with E-state index in [1.807, 2.05) is 55.6 Å². The maximum Gasteiger partial charge on any atom is 0.254 e. The van der Waals surface area contributed by atoms with E-state index in [1.165, 1.54) is 5.69 Å². The third kappa shape index (κ3) is 4.01. The average molecular weight is 446 g/mol. The van der Waals surface area contributed by atoms with Crippen LogP contribution in [0.3, 0.4) is 0 Å². The van der Waals surface area contributed by atoms with E-state index in [9.17, 15) is 9.59 Å². The third-order valence-electron chi connectivity index (χ3n) is 6.77. The Morgan fingerprint density at radius 3 is 2.39 bits per heavy atom. The largest absolute Gasteiger partial charge is 0.497 e. The van der Waals surface area contributed by atoms with E-state index in [0.29, 0.717) is 12.1 Å². The lowest BCUT2D eigenvalue weighted by Crippen LogP contribution is -2.45. The Bertz CT molecular complexity index is 1180. The lowest BCUT2D eigenvalue weighted by Gasteiger charge is -2.39. The molecule has 2 unspecified atom stereocenters. The Hall–Kier alpha value is -3.54. The smallest absolute Gasteiger partial charge is 0.254 e. The first-order valence-electron chi connectivity index (χ1n) is 11.3. The fourth-order valence-corrected chi connectivity index (χ4v) is 5.02. The van der Waals surface area contributed by atoms with Crippen LogP contribution in [-0.2, 0) is 24.8 Å². The van der Waals surface area contributed by atoms with Crippen LogP contribution in [0.5, 0.6) is 5.75 Å². The molecule has 1 aliphatic heterocycles. The number of aromatic nitrogens is 1. The summed E-state index contributed by atoms with van der Waals surface area (Å²) in [5.74, 6) is 0.116. The summed E-state index contributed by atoms with van der Waals surface area (Å²) < 4.78 is 7.33. The van der Waals surface area contributed by atoms with Gasteiger partial charge in [-0.15, -0.1) is 0 Å². The molecule has 0 aliphatic carbocycles. The van der Waals surface area contributed by atoms with Crippen LogP contribution in [0.2, 0.25) is 0 Å². The number of methoxy groups -OCH3 is 1. The summed E-state index contributed by atoms with van der Waals surface area (Å²) in [6, 6.07) is 14.7. The van der Waals surface area contributed by atoms with Crippen LogP contribution in [0.15, 0.2) is 54.7 Å². The van der Waals surface area contributed by atoms with Gasteiger partial charge in [0.25, 0.3) is 5.91 Å². The summed E-state index contributed by atoms with van der Waals surface area (Å²) in [4.78, 5) is 28.7. The van der Waals surface area contributed by atoms with Crippen LogP contribution < -0.4 is 10.1 Å². The second-order valence-corrected chi connectivity index (χ2v) is 8.61. The monoisotopic (exact) mass is 445 g/mol. The second-order valence-electron chi connectivity index (χ2n) is 8.61. The van der Waals surface area contributed by atoms with E-state index >= 15 is 0 Å². The quantitative estimate of drug-likeness (QED) is 0.621. The molecule has 0 bridgehead atoms. The normalized spacial score (nSPS) is 17.6. The van der Waals surface area contributed by atoms with Gasteiger partial charge in [0.1, 0.15) is 5.75 Å². The molecule has 6 nitrogen and oxygen atoms in total. The van der Waals surface area contributed by atoms with Gasteiger partial charge in [0.15, 0.2) is 0 Å². The number of fused-ring (bicyclic) bond motifs is 1. The van der Waals surface area contributed by atoms with Crippen molar-refractivity contribution in [1.29, 1.82) is 0 Å². The molecule has 0 saturated carbocycles. The molecule has 2 heterocycles. The highest BCUT2D eigenvalue weighted by atomic mass is 16.5. The number of ether oxygens (including phenoxy) is 1. The van der Waals surface area contributed by atoms with Gasteiger partial charge in [-0.05, 0) is 53.8 Å². The van der Waals surface area contributed by atoms with Crippen LogP contribution in [0.4, 0.5) is 0 Å². The highest BCUT2D eigenvalue weighted by Crippen LogP contribution is 2.43. The number of hydrogen-bond acceptors (Lipinski definition) is 3. The van der Waals surface area contributed by atoms with Gasteiger partial charge >= 0.3 is 0 Å². The number of nitrogens with one attached hydrogen (secondary N) is 1. The molecule has 2 amide bonds. The molecule has 0 fully saturated rings. The maximum atomic E-state index is 13.7. The number of rotatable bonds is 6. The van der Waals surface area contributed by atoms with Gasteiger partial charge < -0.3 is 19.5 Å². The Morgan fingerprint density at radius 2 is 1.76 bits per heavy atom. The molecule has 1 aromatic heterocycles. The predicted molar refractivity (Wildman–Crippen MR) is 128 cm³/mol. The van der Waals surface area contributed by atoms with Gasteiger partial charge in [0, 0.05) is 38.1 Å². The number of nitrogens with zero attached hydrogens (tertiary/aromatic N) is 2. The minimum atomic E-state index is -0.507. The van der Waals surface area contributed by atoms with Crippen molar-refractivity contribution >= 4 is 11.8 Å². The van der Waals surface area contributed by atoms with Crippen molar-refractivity contribution in [3.05, 3.63) is 88.2 Å². The molecule has 2 aromatic carbocycles. The van der Waals surface area contributed by atoms with E-state index in [0.717, 1.165) is 34.4 Å². The third-order valence-corrected chi connectivity index (χ3v) is 6.77. The van der Waals surface area contributed by atoms with Crippen LogP contribution in [0.1, 0.15) is 57.2 Å². The topological polar surface area (TPSA) is 63.6 Å². The van der Waals surface area contributed by atoms with Crippen LogP contribution in [-0.4, -0.2) is 35.4 Å². The van der Waals surface area contributed by atoms with Crippen molar-refractivity contribution in [2.75, 3.05) is 14.2 Å². The molecule has 3 aromatic rings. The van der Waals surface area contributed by atoms with Gasteiger partial charge in [0.05, 0.1) is 19.1 Å². The first-order chi connectivity index (χ1) is 15.9. The van der Waals surface area contributed by atoms with Crippen molar-refractivity contribution in [2.24, 2.45) is 7.05 Å². The number of amides is 2. The maximum absolute atomic E-state index is 13.7. The summed E-state index contributed by atoms with van der Waals surface area (Å²) in [5.41, 5.74) is 5.71. The molecular formula is C27H31N3O3. The predicted octanol–water partition coefficient (Wildman–Crippen LogP) is 4.13. The average Bonchev–Trinajstić information content (AvgIpc) is 3.12. The van der Waals surface area contributed by atoms with Crippen molar-refractivity contribution in [3.63, 3.8) is 0 Å². The molecular weight excluding hydrogens is 414 g/mol. The van der Waals surface area contributed by atoms with Crippen molar-refractivity contribution in [3.8, 4) is 5.75 Å². The molecule has 0 radical (unpaired) electrons. The van der Waals surface area contributed by atoms with Gasteiger partial charge in [-0.3, -0.25) is 9.59 Å². The van der Waals surface area contributed by atoms with Crippen molar-refractivity contribution < 1.29 is 14.3 Å². The summed E-state index contributed by atoms with van der Waals surface area (Å²) in [7, 11) is 5.45. The van der Waals surface area contributed by atoms with Crippen LogP contribution >= 0.6 is 0 Å². The zero-order chi connectivity index (χ0) is 23.7. The fourth-order valence-electron chi connectivity index (χ4n) is 5.02. The molecule has 1 N–H and O–H groups in total. The molecule has 0 saturated heterocycles. The molecule has 4 rings (SSSR count). The number of likely N-dealkylation sites (N-methyl/N-ethyl adjacent to an activating group) is 1. The SMILES string of the molecule is CCc1c(C)c(C2C(C(=O)NCc3ccc(OC)cc3)c3ccccc3C(=O)N2C)cn1C. The lowest BCUT2D eigenvalue weighted by molar-refractivity contribution is -0.124. The van der Waals surface area contributed by atoms with E-state index in [2.05, 4.69) is 29.9 Å². The molecule has 6 heteroatoms. The van der Waals surface area contributed by atoms with E-state index in [4.69, 9.17) is 4.74 Å². The minimum absolute atomic E-state index is 0.0592. The Morgan fingerprint density at radius 1 is 1.06 bits per heavy atom. The Labute approximate surface area is 195 Å². The van der Waals surface area contributed by atoms with E-state index < -0.39 is 5.92 Å². The van der Waals surface area contributed by atoms with Gasteiger partial charge in [-0.25, -0.2) is 0 Å². The summed E-state index contributed by atoms with van der Waals surface area (Å²) in [6.45, 7) is 4.61. The summed E-state index contributed by atoms with van der Waals surface area (Å²) >= 11 is 0. The van der Waals surface area contributed by atoms with Crippen molar-refractivity contribution in [2.45, 2.75) is 38.8 Å². The molecule has 33 heavy (non-hydrogen) atoms. The van der Waals surface area contributed by atoms with Gasteiger partial charge in [-0.2, -0.15) is 0 Å². The number of hydrogen-bond donors (Lipinski definition) is 1. The van der Waals surface area contributed by atoms with Crippen LogP contribution in [0.25, 0.3) is 0 Å². The van der Waals surface area contributed by atoms with Crippen molar-refractivity contribution in [1.82, 2.24) is 14.8 Å². The van der Waals surface area contributed by atoms with Crippen LogP contribution in [0, 0.1) is 6.92 Å². The highest BCUT2D eigenvalue weighted by molar-refractivity contribution is 6.01. The minimum Gasteiger partial charge on any atom is -0.497 e. The second kappa shape index (κ2) is 9.14. The highest BCUT2D eigenvalue weighted by Gasteiger charge is 2.43. The molecule has 1 aliphatic rings. The van der Waals surface area contributed by atoms with Gasteiger partial charge in [0.2, 0.25) is 5.91 Å². The number of carbonyl (C=O) groups is 2.